The smallest absolute Gasteiger partial charge is 0.308 e. The van der Waals surface area contributed by atoms with E-state index in [2.05, 4.69) is 10.1 Å². The molecular weight excluding hydrogens is 246 g/mol. The van der Waals surface area contributed by atoms with Crippen LogP contribution in [0.3, 0.4) is 0 Å². The zero-order valence-electron chi connectivity index (χ0n) is 11.4. The Bertz CT molecular complexity index is 704. The molecular formula is C13H17N3O3. The number of nitrogens with zero attached hydrogens (tertiary/aromatic N) is 2. The van der Waals surface area contributed by atoms with Crippen LogP contribution in [0.2, 0.25) is 0 Å². The number of aromatic nitrogens is 3. The molecule has 0 saturated carbocycles. The van der Waals surface area contributed by atoms with Gasteiger partial charge in [0.2, 0.25) is 0 Å². The summed E-state index contributed by atoms with van der Waals surface area (Å²) in [6.07, 6.45) is -0.315. The van der Waals surface area contributed by atoms with Gasteiger partial charge in [0, 0.05) is 22.9 Å². The van der Waals surface area contributed by atoms with Crippen molar-refractivity contribution in [1.82, 2.24) is 14.6 Å². The third-order valence-corrected chi connectivity index (χ3v) is 3.05. The lowest BCUT2D eigenvalue weighted by atomic mass is 9.93. The lowest BCUT2D eigenvalue weighted by Gasteiger charge is -2.14. The molecule has 0 aliphatic rings. The molecule has 0 bridgehead atoms. The van der Waals surface area contributed by atoms with Crippen LogP contribution in [0.4, 0.5) is 0 Å². The van der Waals surface area contributed by atoms with Gasteiger partial charge in [-0.05, 0) is 6.92 Å². The summed E-state index contributed by atoms with van der Waals surface area (Å²) in [5.41, 5.74) is 1.59. The Morgan fingerprint density at radius 2 is 2.11 bits per heavy atom. The molecule has 19 heavy (non-hydrogen) atoms. The number of fused-ring (bicyclic) bond motifs is 1. The van der Waals surface area contributed by atoms with Crippen LogP contribution >= 0.6 is 0 Å². The van der Waals surface area contributed by atoms with Crippen molar-refractivity contribution in [2.75, 3.05) is 0 Å². The average Bonchev–Trinajstić information content (AvgIpc) is 2.67. The lowest BCUT2D eigenvalue weighted by molar-refractivity contribution is -0.136. The van der Waals surface area contributed by atoms with Gasteiger partial charge in [-0.15, -0.1) is 0 Å². The van der Waals surface area contributed by atoms with Crippen LogP contribution in [0.15, 0.2) is 10.9 Å². The van der Waals surface area contributed by atoms with E-state index in [9.17, 15) is 9.59 Å². The highest BCUT2D eigenvalue weighted by Crippen LogP contribution is 2.21. The van der Waals surface area contributed by atoms with Crippen molar-refractivity contribution in [3.05, 3.63) is 33.4 Å². The van der Waals surface area contributed by atoms with Crippen molar-refractivity contribution in [3.8, 4) is 0 Å². The fourth-order valence-corrected chi connectivity index (χ4v) is 1.91. The Kier molecular flexibility index (Phi) is 2.96. The van der Waals surface area contributed by atoms with E-state index in [4.69, 9.17) is 5.11 Å². The van der Waals surface area contributed by atoms with Crippen molar-refractivity contribution in [3.63, 3.8) is 0 Å². The van der Waals surface area contributed by atoms with E-state index in [1.165, 1.54) is 4.52 Å². The van der Waals surface area contributed by atoms with Gasteiger partial charge in [-0.2, -0.15) is 0 Å². The quantitative estimate of drug-likeness (QED) is 0.853. The topological polar surface area (TPSA) is 87.5 Å². The Morgan fingerprint density at radius 3 is 2.63 bits per heavy atom. The number of nitrogens with one attached hydrogen (secondary N) is 1. The maximum Gasteiger partial charge on any atom is 0.308 e. The van der Waals surface area contributed by atoms with Gasteiger partial charge >= 0.3 is 5.97 Å². The maximum atomic E-state index is 12.3. The van der Waals surface area contributed by atoms with E-state index < -0.39 is 5.97 Å². The highest BCUT2D eigenvalue weighted by molar-refractivity contribution is 5.70. The summed E-state index contributed by atoms with van der Waals surface area (Å²) in [5, 5.41) is 11.8. The Labute approximate surface area is 110 Å². The number of carboxylic acids is 1. The lowest BCUT2D eigenvalue weighted by Crippen LogP contribution is -2.24. The van der Waals surface area contributed by atoms with Crippen molar-refractivity contribution >= 4 is 11.6 Å². The van der Waals surface area contributed by atoms with E-state index >= 15 is 0 Å². The maximum absolute atomic E-state index is 12.3. The Balaban J connectivity index is 2.71. The number of hydrogen-bond acceptors (Lipinski definition) is 3. The van der Waals surface area contributed by atoms with Crippen molar-refractivity contribution in [1.29, 1.82) is 0 Å². The van der Waals surface area contributed by atoms with Crippen molar-refractivity contribution in [2.45, 2.75) is 39.5 Å². The van der Waals surface area contributed by atoms with Crippen LogP contribution in [-0.2, 0) is 16.6 Å². The van der Waals surface area contributed by atoms with Gasteiger partial charge < -0.3 is 5.11 Å². The predicted molar refractivity (Wildman–Crippen MR) is 70.6 cm³/mol. The summed E-state index contributed by atoms with van der Waals surface area (Å²) in [5.74, 6) is -1.04. The van der Waals surface area contributed by atoms with E-state index in [0.717, 1.165) is 5.69 Å². The third kappa shape index (κ3) is 2.38. The number of hydrogen-bond donors (Lipinski definition) is 2. The van der Waals surface area contributed by atoms with Gasteiger partial charge in [-0.25, -0.2) is 9.50 Å². The summed E-state index contributed by atoms with van der Waals surface area (Å²) in [6, 6.07) is 1.82. The SMILES string of the molecule is Cc1nc2cc(C(C)(C)C)[nH]n2c(=O)c1CC(=O)O. The molecule has 0 aliphatic heterocycles. The highest BCUT2D eigenvalue weighted by atomic mass is 16.4. The predicted octanol–water partition coefficient (Wildman–Crippen LogP) is 1.26. The van der Waals surface area contributed by atoms with E-state index in [-0.39, 0.29) is 23.0 Å². The van der Waals surface area contributed by atoms with Gasteiger partial charge in [0.15, 0.2) is 5.65 Å². The van der Waals surface area contributed by atoms with Gasteiger partial charge in [0.25, 0.3) is 5.56 Å². The molecule has 2 heterocycles. The van der Waals surface area contributed by atoms with E-state index in [0.29, 0.717) is 11.3 Å². The minimum atomic E-state index is -1.04. The minimum absolute atomic E-state index is 0.138. The van der Waals surface area contributed by atoms with E-state index in [1.807, 2.05) is 26.8 Å². The Hall–Kier alpha value is -2.11. The summed E-state index contributed by atoms with van der Waals surface area (Å²) in [6.45, 7) is 7.72. The largest absolute Gasteiger partial charge is 0.481 e. The fraction of sp³-hybridized carbons (Fsp3) is 0.462. The second-order valence-corrected chi connectivity index (χ2v) is 5.66. The number of aromatic amines is 1. The molecule has 6 heteroatoms. The molecule has 0 spiro atoms. The standard InChI is InChI=1S/C13H17N3O3/c1-7-8(5-11(17)18)12(19)16-10(14-7)6-9(15-16)13(2,3)4/h6,15H,5H2,1-4H3,(H,17,18). The van der Waals surface area contributed by atoms with Crippen LogP contribution in [0, 0.1) is 6.92 Å². The van der Waals surface area contributed by atoms with Gasteiger partial charge in [-0.3, -0.25) is 14.7 Å². The fourth-order valence-electron chi connectivity index (χ4n) is 1.91. The average molecular weight is 263 g/mol. The van der Waals surface area contributed by atoms with E-state index in [1.54, 1.807) is 6.92 Å². The number of rotatable bonds is 2. The molecule has 2 aromatic heterocycles. The van der Waals surface area contributed by atoms with Gasteiger partial charge in [-0.1, -0.05) is 20.8 Å². The summed E-state index contributed by atoms with van der Waals surface area (Å²) in [7, 11) is 0. The monoisotopic (exact) mass is 263 g/mol. The molecule has 0 aromatic carbocycles. The number of carboxylic acid groups (broad SMARTS) is 1. The van der Waals surface area contributed by atoms with Crippen LogP contribution < -0.4 is 5.56 Å². The molecule has 2 N–H and O–H groups in total. The summed E-state index contributed by atoms with van der Waals surface area (Å²) < 4.78 is 1.31. The van der Waals surface area contributed by atoms with Crippen LogP contribution in [-0.4, -0.2) is 25.7 Å². The zero-order valence-corrected chi connectivity index (χ0v) is 11.4. The summed E-state index contributed by atoms with van der Waals surface area (Å²) >= 11 is 0. The second kappa shape index (κ2) is 4.22. The molecule has 0 unspecified atom stereocenters. The first-order valence-corrected chi connectivity index (χ1v) is 6.03. The number of carbonyl (C=O) groups is 1. The molecule has 0 radical (unpaired) electrons. The molecule has 2 rings (SSSR count). The zero-order chi connectivity index (χ0) is 14.4. The van der Waals surface area contributed by atoms with Gasteiger partial charge in [0.05, 0.1) is 12.0 Å². The number of aryl methyl sites for hydroxylation is 1. The van der Waals surface area contributed by atoms with Crippen LogP contribution in [0.5, 0.6) is 0 Å². The van der Waals surface area contributed by atoms with Crippen molar-refractivity contribution < 1.29 is 9.90 Å². The first kappa shape index (κ1) is 13.3. The second-order valence-electron chi connectivity index (χ2n) is 5.66. The summed E-state index contributed by atoms with van der Waals surface area (Å²) in [4.78, 5) is 27.3. The van der Waals surface area contributed by atoms with Gasteiger partial charge in [0.1, 0.15) is 0 Å². The molecule has 0 amide bonds. The van der Waals surface area contributed by atoms with Crippen LogP contribution in [0.25, 0.3) is 5.65 Å². The first-order valence-electron chi connectivity index (χ1n) is 6.03. The van der Waals surface area contributed by atoms with Crippen molar-refractivity contribution in [2.24, 2.45) is 0 Å². The number of H-pyrrole nitrogens is 1. The molecule has 102 valence electrons. The molecule has 0 aliphatic carbocycles. The molecule has 0 atom stereocenters. The molecule has 0 fully saturated rings. The van der Waals surface area contributed by atoms with Crippen LogP contribution in [0.1, 0.15) is 37.7 Å². The molecule has 6 nitrogen and oxygen atoms in total. The Morgan fingerprint density at radius 1 is 1.47 bits per heavy atom. The normalized spacial score (nSPS) is 12.0. The minimum Gasteiger partial charge on any atom is -0.481 e. The molecule has 0 saturated heterocycles. The third-order valence-electron chi connectivity index (χ3n) is 3.05. The highest BCUT2D eigenvalue weighted by Gasteiger charge is 2.20. The first-order chi connectivity index (χ1) is 8.70. The number of aliphatic carboxylic acids is 1. The molecule has 2 aromatic rings.